The first-order valence-corrected chi connectivity index (χ1v) is 10.2. The Morgan fingerprint density at radius 1 is 1.16 bits per heavy atom. The Morgan fingerprint density at radius 2 is 1.80 bits per heavy atom. The summed E-state index contributed by atoms with van der Waals surface area (Å²) in [6.07, 6.45) is -0.228. The van der Waals surface area contributed by atoms with Crippen LogP contribution in [0.5, 0.6) is 0 Å². The Labute approximate surface area is 151 Å². The maximum Gasteiger partial charge on any atom is 0.181 e. The smallest absolute Gasteiger partial charge is 0.181 e. The van der Waals surface area contributed by atoms with Crippen LogP contribution in [0.15, 0.2) is 41.3 Å². The zero-order chi connectivity index (χ0) is 18.0. The molecule has 25 heavy (non-hydrogen) atoms. The molecule has 3 rings (SSSR count). The summed E-state index contributed by atoms with van der Waals surface area (Å²) in [4.78, 5) is 12.4. The van der Waals surface area contributed by atoms with E-state index in [9.17, 15) is 18.3 Å². The van der Waals surface area contributed by atoms with Gasteiger partial charge in [0.2, 0.25) is 0 Å². The lowest BCUT2D eigenvalue weighted by atomic mass is 9.91. The molecule has 0 amide bonds. The van der Waals surface area contributed by atoms with Crippen LogP contribution in [-0.2, 0) is 14.6 Å². The summed E-state index contributed by atoms with van der Waals surface area (Å²) < 4.78 is 25.2. The van der Waals surface area contributed by atoms with Crippen molar-refractivity contribution in [2.45, 2.75) is 23.8 Å². The molecule has 2 aromatic carbocycles. The number of hydrogen-bond acceptors (Lipinski definition) is 5. The number of ketones is 1. The minimum Gasteiger partial charge on any atom is -0.384 e. The summed E-state index contributed by atoms with van der Waals surface area (Å²) in [6, 6.07) is 9.89. The van der Waals surface area contributed by atoms with E-state index in [0.717, 1.165) is 10.8 Å². The van der Waals surface area contributed by atoms with Gasteiger partial charge in [0.05, 0.1) is 10.6 Å². The Bertz CT molecular complexity index is 891. The number of Topliss-reactive ketones (excluding diaryl/α,β-unsaturated/α-hetero) is 1. The van der Waals surface area contributed by atoms with Crippen LogP contribution in [0.25, 0.3) is 10.8 Å². The van der Waals surface area contributed by atoms with Gasteiger partial charge < -0.3 is 10.4 Å². The molecule has 134 valence electrons. The molecule has 2 N–H and O–H groups in total. The zero-order valence-electron chi connectivity index (χ0n) is 13.6. The van der Waals surface area contributed by atoms with Gasteiger partial charge >= 0.3 is 0 Å². The second-order valence-electron chi connectivity index (χ2n) is 6.38. The van der Waals surface area contributed by atoms with Crippen LogP contribution in [0.3, 0.4) is 0 Å². The highest BCUT2D eigenvalue weighted by molar-refractivity contribution is 7.91. The number of aliphatic hydroxyl groups is 1. The SMILES string of the molecule is O=C(C1CCNCC1)[C@H](O)CS(=O)(=O)c1ccc2cc(Cl)ccc2c1. The number of piperidine rings is 1. The van der Waals surface area contributed by atoms with E-state index in [-0.39, 0.29) is 16.6 Å². The lowest BCUT2D eigenvalue weighted by molar-refractivity contribution is -0.130. The van der Waals surface area contributed by atoms with Crippen molar-refractivity contribution in [2.75, 3.05) is 18.8 Å². The molecule has 1 aliphatic heterocycles. The van der Waals surface area contributed by atoms with Crippen molar-refractivity contribution in [2.24, 2.45) is 5.92 Å². The van der Waals surface area contributed by atoms with E-state index in [1.54, 1.807) is 30.3 Å². The van der Waals surface area contributed by atoms with E-state index >= 15 is 0 Å². The van der Waals surface area contributed by atoms with E-state index in [2.05, 4.69) is 5.32 Å². The second-order valence-corrected chi connectivity index (χ2v) is 8.85. The standard InChI is InChI=1S/C18H20ClNO4S/c19-15-3-1-14-10-16(4-2-13(14)9-15)25(23,24)11-17(21)18(22)12-5-7-20-8-6-12/h1-4,9-10,12,17,20-21H,5-8,11H2/t17-/m1/s1. The van der Waals surface area contributed by atoms with Gasteiger partial charge in [-0.2, -0.15) is 0 Å². The summed E-state index contributed by atoms with van der Waals surface area (Å²) in [7, 11) is -3.76. The van der Waals surface area contributed by atoms with E-state index < -0.39 is 21.7 Å². The van der Waals surface area contributed by atoms with Crippen molar-refractivity contribution in [1.82, 2.24) is 5.32 Å². The number of carbonyl (C=O) groups is 1. The minimum absolute atomic E-state index is 0.0967. The van der Waals surface area contributed by atoms with Gasteiger partial charge in [0.1, 0.15) is 6.10 Å². The van der Waals surface area contributed by atoms with E-state index in [1.165, 1.54) is 6.07 Å². The number of nitrogens with one attached hydrogen (secondary N) is 1. The Hall–Kier alpha value is -1.47. The van der Waals surface area contributed by atoms with Crippen LogP contribution >= 0.6 is 11.6 Å². The highest BCUT2D eigenvalue weighted by atomic mass is 35.5. The van der Waals surface area contributed by atoms with E-state index in [0.29, 0.717) is 31.0 Å². The summed E-state index contributed by atoms with van der Waals surface area (Å²) in [5.74, 6) is -1.24. The topological polar surface area (TPSA) is 83.5 Å². The Kier molecular flexibility index (Phi) is 5.43. The molecule has 0 aliphatic carbocycles. The van der Waals surface area contributed by atoms with Crippen LogP contribution in [0.2, 0.25) is 5.02 Å². The second kappa shape index (κ2) is 7.41. The van der Waals surface area contributed by atoms with Gasteiger partial charge in [0, 0.05) is 10.9 Å². The number of aliphatic hydroxyl groups excluding tert-OH is 1. The van der Waals surface area contributed by atoms with Crippen LogP contribution in [0.1, 0.15) is 12.8 Å². The lowest BCUT2D eigenvalue weighted by Gasteiger charge is -2.23. The molecular weight excluding hydrogens is 362 g/mol. The fraction of sp³-hybridized carbons (Fsp3) is 0.389. The van der Waals surface area contributed by atoms with Gasteiger partial charge in [-0.25, -0.2) is 8.42 Å². The van der Waals surface area contributed by atoms with Gasteiger partial charge in [-0.1, -0.05) is 23.7 Å². The Morgan fingerprint density at radius 3 is 2.52 bits per heavy atom. The molecular formula is C18H20ClNO4S. The average Bonchev–Trinajstić information content (AvgIpc) is 2.60. The van der Waals surface area contributed by atoms with Crippen molar-refractivity contribution in [3.8, 4) is 0 Å². The van der Waals surface area contributed by atoms with Crippen molar-refractivity contribution in [1.29, 1.82) is 0 Å². The van der Waals surface area contributed by atoms with Crippen LogP contribution in [0, 0.1) is 5.92 Å². The fourth-order valence-electron chi connectivity index (χ4n) is 3.15. The molecule has 0 aromatic heterocycles. The molecule has 1 heterocycles. The first-order valence-electron chi connectivity index (χ1n) is 8.21. The number of benzene rings is 2. The maximum atomic E-state index is 12.6. The number of sulfone groups is 1. The van der Waals surface area contributed by atoms with Crippen molar-refractivity contribution < 1.29 is 18.3 Å². The predicted molar refractivity (Wildman–Crippen MR) is 97.6 cm³/mol. The largest absolute Gasteiger partial charge is 0.384 e. The first kappa shape index (κ1) is 18.3. The molecule has 1 atom stereocenters. The minimum atomic E-state index is -3.76. The molecule has 7 heteroatoms. The summed E-state index contributed by atoms with van der Waals surface area (Å²) in [5.41, 5.74) is 0. The molecule has 1 aliphatic rings. The number of carbonyl (C=O) groups excluding carboxylic acids is 1. The third-order valence-electron chi connectivity index (χ3n) is 4.58. The molecule has 0 unspecified atom stereocenters. The highest BCUT2D eigenvalue weighted by Gasteiger charge is 2.30. The zero-order valence-corrected chi connectivity index (χ0v) is 15.2. The molecule has 0 saturated carbocycles. The molecule has 5 nitrogen and oxygen atoms in total. The molecule has 1 fully saturated rings. The van der Waals surface area contributed by atoms with Gasteiger partial charge in [-0.3, -0.25) is 4.79 Å². The fourth-order valence-corrected chi connectivity index (χ4v) is 4.69. The van der Waals surface area contributed by atoms with Crippen LogP contribution in [0.4, 0.5) is 0 Å². The molecule has 0 spiro atoms. The lowest BCUT2D eigenvalue weighted by Crippen LogP contribution is -2.39. The molecule has 0 radical (unpaired) electrons. The number of fused-ring (bicyclic) bond motifs is 1. The molecule has 1 saturated heterocycles. The first-order chi connectivity index (χ1) is 11.9. The third kappa shape index (κ3) is 4.20. The third-order valence-corrected chi connectivity index (χ3v) is 6.54. The monoisotopic (exact) mass is 381 g/mol. The number of rotatable bonds is 5. The van der Waals surface area contributed by atoms with E-state index in [1.807, 2.05) is 0 Å². The number of hydrogen-bond donors (Lipinski definition) is 2. The maximum absolute atomic E-state index is 12.6. The van der Waals surface area contributed by atoms with Gasteiger partial charge in [-0.15, -0.1) is 0 Å². The molecule has 0 bridgehead atoms. The van der Waals surface area contributed by atoms with E-state index in [4.69, 9.17) is 11.6 Å². The van der Waals surface area contributed by atoms with Crippen molar-refractivity contribution >= 4 is 38.0 Å². The molecule has 2 aromatic rings. The van der Waals surface area contributed by atoms with Crippen molar-refractivity contribution in [3.05, 3.63) is 41.4 Å². The quantitative estimate of drug-likeness (QED) is 0.829. The van der Waals surface area contributed by atoms with Crippen molar-refractivity contribution in [3.63, 3.8) is 0 Å². The average molecular weight is 382 g/mol. The summed E-state index contributed by atoms with van der Waals surface area (Å²) in [6.45, 7) is 1.42. The predicted octanol–water partition coefficient (Wildman–Crippen LogP) is 2.20. The number of halogens is 1. The summed E-state index contributed by atoms with van der Waals surface area (Å²) >= 11 is 5.93. The van der Waals surface area contributed by atoms with Gasteiger partial charge in [0.25, 0.3) is 0 Å². The summed E-state index contributed by atoms with van der Waals surface area (Å²) in [5, 5.41) is 15.4. The normalized spacial score (nSPS) is 17.5. The van der Waals surface area contributed by atoms with Gasteiger partial charge in [-0.05, 0) is 61.0 Å². The highest BCUT2D eigenvalue weighted by Crippen LogP contribution is 2.24. The Balaban J connectivity index is 1.78. The van der Waals surface area contributed by atoms with Crippen LogP contribution < -0.4 is 5.32 Å². The van der Waals surface area contributed by atoms with Gasteiger partial charge in [0.15, 0.2) is 15.6 Å². The van der Waals surface area contributed by atoms with Crippen LogP contribution in [-0.4, -0.2) is 44.3 Å².